The van der Waals surface area contributed by atoms with Crippen molar-refractivity contribution in [1.82, 2.24) is 14.9 Å². The van der Waals surface area contributed by atoms with E-state index in [9.17, 15) is 13.2 Å². The third-order valence-electron chi connectivity index (χ3n) is 4.71. The summed E-state index contributed by atoms with van der Waals surface area (Å²) in [6, 6.07) is 2.02. The molecule has 0 N–H and O–H groups in total. The van der Waals surface area contributed by atoms with E-state index in [1.165, 1.54) is 0 Å². The van der Waals surface area contributed by atoms with E-state index >= 15 is 0 Å². The number of nitrogens with zero attached hydrogens (tertiary/aromatic N) is 4. The maximum Gasteiger partial charge on any atom is 0.226 e. The SMILES string of the molecule is O=C(C1CCS(=O)(=O)C1)N1CCN(c2ncnc3sccc23)CC1. The number of aromatic nitrogens is 2. The predicted molar refractivity (Wildman–Crippen MR) is 93.0 cm³/mol. The molecule has 2 saturated heterocycles. The molecule has 9 heteroatoms. The van der Waals surface area contributed by atoms with Gasteiger partial charge in [-0.05, 0) is 17.9 Å². The molecule has 4 heterocycles. The van der Waals surface area contributed by atoms with Crippen LogP contribution in [0, 0.1) is 5.92 Å². The van der Waals surface area contributed by atoms with E-state index in [4.69, 9.17) is 0 Å². The predicted octanol–water partition coefficient (Wildman–Crippen LogP) is 0.775. The monoisotopic (exact) mass is 366 g/mol. The zero-order chi connectivity index (χ0) is 16.7. The summed E-state index contributed by atoms with van der Waals surface area (Å²) in [5, 5.41) is 3.05. The highest BCUT2D eigenvalue weighted by Crippen LogP contribution is 2.28. The van der Waals surface area contributed by atoms with Gasteiger partial charge >= 0.3 is 0 Å². The quantitative estimate of drug-likeness (QED) is 0.781. The summed E-state index contributed by atoms with van der Waals surface area (Å²) in [4.78, 5) is 26.1. The maximum atomic E-state index is 12.5. The molecule has 1 amide bonds. The fourth-order valence-electron chi connectivity index (χ4n) is 3.42. The number of thiophene rings is 1. The molecular formula is C15H18N4O3S2. The summed E-state index contributed by atoms with van der Waals surface area (Å²) < 4.78 is 23.1. The Balaban J connectivity index is 1.44. The molecular weight excluding hydrogens is 348 g/mol. The third-order valence-corrected chi connectivity index (χ3v) is 7.30. The summed E-state index contributed by atoms with van der Waals surface area (Å²) in [7, 11) is -3.02. The Bertz CT molecular complexity index is 872. The number of fused-ring (bicyclic) bond motifs is 1. The van der Waals surface area contributed by atoms with Crippen molar-refractivity contribution < 1.29 is 13.2 Å². The standard InChI is InChI=1S/C15H18N4O3S2/c20-15(11-2-8-24(21,22)9-11)19-5-3-18(4-6-19)13-12-1-7-23-14(12)17-10-16-13/h1,7,10-11H,2-6,8-9H2. The average Bonchev–Trinajstić information content (AvgIpc) is 3.20. The van der Waals surface area contributed by atoms with Crippen molar-refractivity contribution in [1.29, 1.82) is 0 Å². The van der Waals surface area contributed by atoms with Crippen LogP contribution < -0.4 is 4.90 Å². The first-order valence-corrected chi connectivity index (χ1v) is 10.7. The molecule has 2 fully saturated rings. The second kappa shape index (κ2) is 5.96. The van der Waals surface area contributed by atoms with Crippen LogP contribution in [0.15, 0.2) is 17.8 Å². The molecule has 4 rings (SSSR count). The van der Waals surface area contributed by atoms with E-state index in [2.05, 4.69) is 14.9 Å². The number of carbonyl (C=O) groups excluding carboxylic acids is 1. The topological polar surface area (TPSA) is 83.5 Å². The van der Waals surface area contributed by atoms with Crippen molar-refractivity contribution >= 4 is 43.1 Å². The minimum Gasteiger partial charge on any atom is -0.352 e. The number of piperazine rings is 1. The van der Waals surface area contributed by atoms with Gasteiger partial charge in [0.2, 0.25) is 5.91 Å². The molecule has 2 aliphatic rings. The lowest BCUT2D eigenvalue weighted by atomic mass is 10.1. The lowest BCUT2D eigenvalue weighted by Gasteiger charge is -2.36. The smallest absolute Gasteiger partial charge is 0.226 e. The molecule has 7 nitrogen and oxygen atoms in total. The van der Waals surface area contributed by atoms with E-state index in [1.807, 2.05) is 11.4 Å². The summed E-state index contributed by atoms with van der Waals surface area (Å²) in [5.74, 6) is 0.688. The number of carbonyl (C=O) groups is 1. The summed E-state index contributed by atoms with van der Waals surface area (Å²) in [5.41, 5.74) is 0. The summed E-state index contributed by atoms with van der Waals surface area (Å²) >= 11 is 1.59. The molecule has 2 aromatic rings. The third kappa shape index (κ3) is 2.86. The maximum absolute atomic E-state index is 12.5. The molecule has 1 unspecified atom stereocenters. The van der Waals surface area contributed by atoms with Gasteiger partial charge in [0, 0.05) is 26.2 Å². The van der Waals surface area contributed by atoms with Gasteiger partial charge in [0.1, 0.15) is 17.0 Å². The van der Waals surface area contributed by atoms with Crippen molar-refractivity contribution in [2.75, 3.05) is 42.6 Å². The second-order valence-electron chi connectivity index (χ2n) is 6.25. The number of anilines is 1. The molecule has 1 atom stereocenters. The van der Waals surface area contributed by atoms with Gasteiger partial charge in [-0.15, -0.1) is 11.3 Å². The van der Waals surface area contributed by atoms with Crippen LogP contribution in [0.5, 0.6) is 0 Å². The first-order chi connectivity index (χ1) is 11.5. The van der Waals surface area contributed by atoms with Gasteiger partial charge in [-0.2, -0.15) is 0 Å². The van der Waals surface area contributed by atoms with Crippen molar-refractivity contribution in [2.45, 2.75) is 6.42 Å². The van der Waals surface area contributed by atoms with Gasteiger partial charge in [0.05, 0.1) is 22.8 Å². The Labute approximate surface area is 144 Å². The van der Waals surface area contributed by atoms with Crippen LogP contribution in [0.25, 0.3) is 10.2 Å². The van der Waals surface area contributed by atoms with E-state index in [-0.39, 0.29) is 23.3 Å². The van der Waals surface area contributed by atoms with Gasteiger partial charge in [-0.25, -0.2) is 18.4 Å². The van der Waals surface area contributed by atoms with Crippen molar-refractivity contribution in [3.05, 3.63) is 17.8 Å². The number of rotatable bonds is 2. The molecule has 0 aliphatic carbocycles. The fraction of sp³-hybridized carbons (Fsp3) is 0.533. The molecule has 0 spiro atoms. The second-order valence-corrected chi connectivity index (χ2v) is 9.37. The highest BCUT2D eigenvalue weighted by Gasteiger charge is 2.36. The minimum absolute atomic E-state index is 0.00742. The van der Waals surface area contributed by atoms with Gasteiger partial charge in [-0.1, -0.05) is 0 Å². The zero-order valence-corrected chi connectivity index (χ0v) is 14.7. The number of amides is 1. The highest BCUT2D eigenvalue weighted by molar-refractivity contribution is 7.91. The molecule has 0 radical (unpaired) electrons. The summed E-state index contributed by atoms with van der Waals surface area (Å²) in [6.45, 7) is 2.61. The Hall–Kier alpha value is -1.74. The first kappa shape index (κ1) is 15.8. The van der Waals surface area contributed by atoms with Crippen LogP contribution in [0.3, 0.4) is 0 Å². The van der Waals surface area contributed by atoms with Crippen molar-refractivity contribution in [2.24, 2.45) is 5.92 Å². The number of sulfone groups is 1. The van der Waals surface area contributed by atoms with Crippen LogP contribution in [-0.4, -0.2) is 66.9 Å². The van der Waals surface area contributed by atoms with Crippen LogP contribution in [-0.2, 0) is 14.6 Å². The molecule has 0 aromatic carbocycles. The molecule has 0 saturated carbocycles. The van der Waals surface area contributed by atoms with Gasteiger partial charge in [-0.3, -0.25) is 4.79 Å². The van der Waals surface area contributed by atoms with Gasteiger partial charge in [0.25, 0.3) is 0 Å². The van der Waals surface area contributed by atoms with Crippen LogP contribution in [0.1, 0.15) is 6.42 Å². The van der Waals surface area contributed by atoms with Gasteiger partial charge in [0.15, 0.2) is 9.84 Å². The minimum atomic E-state index is -3.02. The van der Waals surface area contributed by atoms with Gasteiger partial charge < -0.3 is 9.80 Å². The Morgan fingerprint density at radius 3 is 2.71 bits per heavy atom. The normalized spacial score (nSPS) is 23.8. The molecule has 128 valence electrons. The molecule has 2 aliphatic heterocycles. The van der Waals surface area contributed by atoms with E-state index < -0.39 is 9.84 Å². The van der Waals surface area contributed by atoms with E-state index in [0.717, 1.165) is 16.0 Å². The van der Waals surface area contributed by atoms with Crippen molar-refractivity contribution in [3.63, 3.8) is 0 Å². The number of hydrogen-bond donors (Lipinski definition) is 0. The molecule has 0 bridgehead atoms. The lowest BCUT2D eigenvalue weighted by molar-refractivity contribution is -0.135. The van der Waals surface area contributed by atoms with Crippen molar-refractivity contribution in [3.8, 4) is 0 Å². The van der Waals surface area contributed by atoms with E-state index in [0.29, 0.717) is 32.6 Å². The molecule has 24 heavy (non-hydrogen) atoms. The van der Waals surface area contributed by atoms with Crippen LogP contribution >= 0.6 is 11.3 Å². The number of hydrogen-bond acceptors (Lipinski definition) is 7. The average molecular weight is 366 g/mol. The summed E-state index contributed by atoms with van der Waals surface area (Å²) in [6.07, 6.45) is 2.04. The van der Waals surface area contributed by atoms with Crippen LogP contribution in [0.4, 0.5) is 5.82 Å². The highest BCUT2D eigenvalue weighted by atomic mass is 32.2. The Morgan fingerprint density at radius 1 is 1.21 bits per heavy atom. The first-order valence-electron chi connectivity index (χ1n) is 7.96. The van der Waals surface area contributed by atoms with Crippen LogP contribution in [0.2, 0.25) is 0 Å². The zero-order valence-electron chi connectivity index (χ0n) is 13.1. The Kier molecular flexibility index (Phi) is 3.92. The molecule has 2 aromatic heterocycles. The largest absolute Gasteiger partial charge is 0.352 e. The fourth-order valence-corrected chi connectivity index (χ4v) is 5.88. The lowest BCUT2D eigenvalue weighted by Crippen LogP contribution is -2.50. The Morgan fingerprint density at radius 2 is 2.00 bits per heavy atom. The van der Waals surface area contributed by atoms with E-state index in [1.54, 1.807) is 22.6 Å².